The van der Waals surface area contributed by atoms with Crippen molar-refractivity contribution in [3.63, 3.8) is 0 Å². The number of rotatable bonds is 4. The summed E-state index contributed by atoms with van der Waals surface area (Å²) < 4.78 is 7.81. The van der Waals surface area contributed by atoms with Crippen LogP contribution in [0.15, 0.2) is 30.3 Å². The second-order valence-corrected chi connectivity index (χ2v) is 6.66. The summed E-state index contributed by atoms with van der Waals surface area (Å²) in [5, 5.41) is 2.19. The Kier molecular flexibility index (Phi) is 6.58. The lowest BCUT2D eigenvalue weighted by Gasteiger charge is -2.25. The van der Waals surface area contributed by atoms with Crippen molar-refractivity contribution in [2.75, 3.05) is 0 Å². The number of amides is 1. The molecule has 0 aliphatic rings. The number of alkyl carbamates (subject to hydrolysis) is 1. The number of hydrogen-bond acceptors (Lipinski definition) is 4. The zero-order valence-corrected chi connectivity index (χ0v) is 13.6. The summed E-state index contributed by atoms with van der Waals surface area (Å²) in [4.78, 5) is 23.4. The van der Waals surface area contributed by atoms with Crippen LogP contribution in [0.5, 0.6) is 0 Å². The van der Waals surface area contributed by atoms with Gasteiger partial charge in [-0.2, -0.15) is 0 Å². The molecule has 8 heteroatoms. The van der Waals surface area contributed by atoms with Crippen LogP contribution in [-0.2, 0) is 9.47 Å². The van der Waals surface area contributed by atoms with Crippen LogP contribution in [0, 0.1) is 0 Å². The first kappa shape index (κ1) is 17.9. The quantitative estimate of drug-likeness (QED) is 0.509. The molecule has 1 atom stereocenters. The Bertz CT molecular complexity index is 488. The number of carbonyl (C=O) groups excluding carboxylic acids is 2. The van der Waals surface area contributed by atoms with Crippen molar-refractivity contribution in [3.05, 3.63) is 35.9 Å². The van der Waals surface area contributed by atoms with Gasteiger partial charge in [0.2, 0.25) is 10.0 Å². The molecule has 5 nitrogen and oxygen atoms in total. The van der Waals surface area contributed by atoms with Gasteiger partial charge in [-0.15, -0.1) is 0 Å². The van der Waals surface area contributed by atoms with Gasteiger partial charge in [-0.1, -0.05) is 53.0 Å². The molecule has 0 spiro atoms. The van der Waals surface area contributed by atoms with Crippen molar-refractivity contribution in [1.82, 2.24) is 5.32 Å². The van der Waals surface area contributed by atoms with Gasteiger partial charge in [0.25, 0.3) is 0 Å². The molecule has 0 aromatic heterocycles. The number of carbonyl (C=O) groups is 2. The molecule has 1 N–H and O–H groups in total. The number of ether oxygens (including phenoxy) is 2. The first-order valence-electron chi connectivity index (χ1n) is 6.00. The summed E-state index contributed by atoms with van der Waals surface area (Å²) in [7, 11) is 0. The fourth-order valence-corrected chi connectivity index (χ4v) is 1.58. The Morgan fingerprint density at radius 3 is 2.14 bits per heavy atom. The Hall–Kier alpha value is -1.17. The van der Waals surface area contributed by atoms with Crippen LogP contribution < -0.4 is 5.32 Å². The first-order valence-corrected chi connectivity index (χ1v) is 7.13. The van der Waals surface area contributed by atoms with Crippen molar-refractivity contribution >= 4 is 46.9 Å². The van der Waals surface area contributed by atoms with Crippen LogP contribution in [0.1, 0.15) is 24.2 Å². The number of benzene rings is 1. The first-order chi connectivity index (χ1) is 9.70. The standard InChI is InChI=1S/C13H14Cl3NO4/c1-8(2)20-12(19)17-11(13(14,15)16)21-10(18)9-6-4-3-5-7-9/h3-8,11H,1-2H3,(H,17,19). The van der Waals surface area contributed by atoms with Gasteiger partial charge in [0.1, 0.15) is 0 Å². The average Bonchev–Trinajstić information content (AvgIpc) is 2.36. The fourth-order valence-electron chi connectivity index (χ4n) is 1.28. The summed E-state index contributed by atoms with van der Waals surface area (Å²) >= 11 is 17.1. The summed E-state index contributed by atoms with van der Waals surface area (Å²) in [6.07, 6.45) is -2.71. The normalized spacial score (nSPS) is 12.7. The molecule has 1 unspecified atom stereocenters. The van der Waals surface area contributed by atoms with Gasteiger partial charge in [-0.3, -0.25) is 5.32 Å². The smallest absolute Gasteiger partial charge is 0.410 e. The van der Waals surface area contributed by atoms with E-state index in [4.69, 9.17) is 44.3 Å². The van der Waals surface area contributed by atoms with E-state index in [0.717, 1.165) is 0 Å². The summed E-state index contributed by atoms with van der Waals surface area (Å²) in [6, 6.07) is 8.11. The van der Waals surface area contributed by atoms with Crippen LogP contribution in [-0.4, -0.2) is 28.2 Å². The molecule has 0 aliphatic heterocycles. The Balaban J connectivity index is 2.76. The highest BCUT2D eigenvalue weighted by atomic mass is 35.6. The van der Waals surface area contributed by atoms with Gasteiger partial charge in [-0.05, 0) is 26.0 Å². The third-order valence-electron chi connectivity index (χ3n) is 2.12. The van der Waals surface area contributed by atoms with Gasteiger partial charge in [0.05, 0.1) is 11.7 Å². The molecule has 0 radical (unpaired) electrons. The van der Waals surface area contributed by atoms with E-state index in [1.807, 2.05) is 0 Å². The highest BCUT2D eigenvalue weighted by Gasteiger charge is 2.38. The van der Waals surface area contributed by atoms with E-state index in [-0.39, 0.29) is 11.7 Å². The third-order valence-corrected chi connectivity index (χ3v) is 2.72. The number of alkyl halides is 3. The van der Waals surface area contributed by atoms with Crippen LogP contribution in [0.25, 0.3) is 0 Å². The van der Waals surface area contributed by atoms with E-state index >= 15 is 0 Å². The van der Waals surface area contributed by atoms with E-state index in [2.05, 4.69) is 5.32 Å². The number of halogens is 3. The van der Waals surface area contributed by atoms with Crippen molar-refractivity contribution < 1.29 is 19.1 Å². The lowest BCUT2D eigenvalue weighted by atomic mass is 10.2. The molecule has 0 fully saturated rings. The van der Waals surface area contributed by atoms with Crippen molar-refractivity contribution in [2.24, 2.45) is 0 Å². The average molecular weight is 355 g/mol. The van der Waals surface area contributed by atoms with Crippen LogP contribution in [0.2, 0.25) is 0 Å². The maximum atomic E-state index is 11.9. The van der Waals surface area contributed by atoms with E-state index in [9.17, 15) is 9.59 Å². The molecule has 1 amide bonds. The molecule has 0 aliphatic carbocycles. The summed E-state index contributed by atoms with van der Waals surface area (Å²) in [5.41, 5.74) is 0.260. The molecule has 1 aromatic rings. The molecule has 21 heavy (non-hydrogen) atoms. The minimum atomic E-state index is -2.04. The van der Waals surface area contributed by atoms with E-state index in [1.54, 1.807) is 32.0 Å². The van der Waals surface area contributed by atoms with Crippen LogP contribution in [0.4, 0.5) is 4.79 Å². The molecule has 0 saturated heterocycles. The second-order valence-electron chi connectivity index (χ2n) is 4.29. The Morgan fingerprint density at radius 2 is 1.67 bits per heavy atom. The molecule has 0 saturated carbocycles. The number of hydrogen-bond donors (Lipinski definition) is 1. The molecule has 1 aromatic carbocycles. The maximum absolute atomic E-state index is 11.9. The van der Waals surface area contributed by atoms with Gasteiger partial charge in [-0.25, -0.2) is 9.59 Å². The number of nitrogens with one attached hydrogen (secondary N) is 1. The van der Waals surface area contributed by atoms with Gasteiger partial charge in [0.15, 0.2) is 0 Å². The Labute approximate surface area is 137 Å². The van der Waals surface area contributed by atoms with Crippen molar-refractivity contribution in [2.45, 2.75) is 30.0 Å². The highest BCUT2D eigenvalue weighted by Crippen LogP contribution is 2.31. The maximum Gasteiger partial charge on any atom is 0.410 e. The van der Waals surface area contributed by atoms with Gasteiger partial charge in [0, 0.05) is 0 Å². The minimum absolute atomic E-state index is 0.260. The molecular formula is C13H14Cl3NO4. The Morgan fingerprint density at radius 1 is 1.10 bits per heavy atom. The highest BCUT2D eigenvalue weighted by molar-refractivity contribution is 6.68. The molecule has 116 valence electrons. The predicted molar refractivity (Wildman–Crippen MR) is 80.7 cm³/mol. The largest absolute Gasteiger partial charge is 0.447 e. The van der Waals surface area contributed by atoms with E-state index in [1.165, 1.54) is 12.1 Å². The van der Waals surface area contributed by atoms with E-state index in [0.29, 0.717) is 0 Å². The zero-order chi connectivity index (χ0) is 16.0. The molecule has 1 rings (SSSR count). The van der Waals surface area contributed by atoms with Crippen LogP contribution in [0.3, 0.4) is 0 Å². The van der Waals surface area contributed by atoms with Crippen molar-refractivity contribution in [1.29, 1.82) is 0 Å². The minimum Gasteiger partial charge on any atom is -0.447 e. The zero-order valence-electron chi connectivity index (χ0n) is 11.3. The van der Waals surface area contributed by atoms with Gasteiger partial charge >= 0.3 is 12.1 Å². The van der Waals surface area contributed by atoms with E-state index < -0.39 is 22.1 Å². The number of esters is 1. The van der Waals surface area contributed by atoms with Crippen molar-refractivity contribution in [3.8, 4) is 0 Å². The van der Waals surface area contributed by atoms with Crippen LogP contribution >= 0.6 is 34.8 Å². The van der Waals surface area contributed by atoms with Gasteiger partial charge < -0.3 is 9.47 Å². The lowest BCUT2D eigenvalue weighted by molar-refractivity contribution is 0.0198. The fraction of sp³-hybridized carbons (Fsp3) is 0.385. The monoisotopic (exact) mass is 353 g/mol. The summed E-state index contributed by atoms with van der Waals surface area (Å²) in [5.74, 6) is -0.739. The molecule has 0 bridgehead atoms. The predicted octanol–water partition coefficient (Wildman–Crippen LogP) is 3.67. The lowest BCUT2D eigenvalue weighted by Crippen LogP contribution is -2.47. The topological polar surface area (TPSA) is 64.6 Å². The SMILES string of the molecule is CC(C)OC(=O)NC(OC(=O)c1ccccc1)C(Cl)(Cl)Cl. The second kappa shape index (κ2) is 7.73. The summed E-state index contributed by atoms with van der Waals surface area (Å²) in [6.45, 7) is 3.31. The molecule has 0 heterocycles. The third kappa shape index (κ3) is 6.42. The molecular weight excluding hydrogens is 341 g/mol.